The summed E-state index contributed by atoms with van der Waals surface area (Å²) in [5, 5.41) is 8.71. The van der Waals surface area contributed by atoms with E-state index in [9.17, 15) is 4.79 Å². The largest absolute Gasteiger partial charge is 0.489 e. The van der Waals surface area contributed by atoms with E-state index in [0.29, 0.717) is 12.4 Å². The molecule has 1 N–H and O–H groups in total. The summed E-state index contributed by atoms with van der Waals surface area (Å²) in [6.45, 7) is 2.53. The minimum absolute atomic E-state index is 0.105. The second-order valence-electron chi connectivity index (χ2n) is 4.79. The van der Waals surface area contributed by atoms with Crippen molar-refractivity contribution in [2.24, 2.45) is 0 Å². The highest BCUT2D eigenvalue weighted by Crippen LogP contribution is 2.31. The Morgan fingerprint density at radius 3 is 3.00 bits per heavy atom. The van der Waals surface area contributed by atoms with E-state index in [2.05, 4.69) is 22.9 Å². The molecule has 1 aliphatic rings. The van der Waals surface area contributed by atoms with Crippen LogP contribution in [0.15, 0.2) is 28.7 Å². The van der Waals surface area contributed by atoms with Crippen LogP contribution in [-0.2, 0) is 9.53 Å². The van der Waals surface area contributed by atoms with Gasteiger partial charge in [0.05, 0.1) is 16.7 Å². The van der Waals surface area contributed by atoms with Gasteiger partial charge in [0.2, 0.25) is 0 Å². The Kier molecular flexibility index (Phi) is 5.20. The van der Waals surface area contributed by atoms with Crippen LogP contribution < -0.4 is 4.74 Å². The van der Waals surface area contributed by atoms with Crippen LogP contribution in [0.5, 0.6) is 5.75 Å². The zero-order valence-corrected chi connectivity index (χ0v) is 12.8. The molecule has 2 rings (SSSR count). The Labute approximate surface area is 126 Å². The number of aliphatic carboxylic acids is 1. The van der Waals surface area contributed by atoms with Crippen LogP contribution in [0.3, 0.4) is 0 Å². The van der Waals surface area contributed by atoms with Crippen LogP contribution in [0.4, 0.5) is 0 Å². The second kappa shape index (κ2) is 6.90. The van der Waals surface area contributed by atoms with Crippen LogP contribution in [0, 0.1) is 0 Å². The van der Waals surface area contributed by atoms with Gasteiger partial charge in [0.1, 0.15) is 12.4 Å². The number of carboxylic acids is 1. The zero-order chi connectivity index (χ0) is 14.5. The van der Waals surface area contributed by atoms with Crippen LogP contribution in [0.25, 0.3) is 6.08 Å². The van der Waals surface area contributed by atoms with Gasteiger partial charge in [-0.05, 0) is 47.8 Å². The Hall–Kier alpha value is -1.33. The first-order valence-electron chi connectivity index (χ1n) is 6.54. The van der Waals surface area contributed by atoms with Gasteiger partial charge in [-0.1, -0.05) is 12.1 Å². The molecule has 0 aliphatic carbocycles. The molecule has 1 aliphatic heterocycles. The molecular formula is C15H17BrO4. The van der Waals surface area contributed by atoms with E-state index in [-0.39, 0.29) is 12.2 Å². The van der Waals surface area contributed by atoms with Gasteiger partial charge in [-0.2, -0.15) is 0 Å². The Morgan fingerprint density at radius 1 is 1.55 bits per heavy atom. The first kappa shape index (κ1) is 15.1. The van der Waals surface area contributed by atoms with E-state index in [1.54, 1.807) is 0 Å². The van der Waals surface area contributed by atoms with Crippen molar-refractivity contribution in [1.29, 1.82) is 0 Å². The van der Waals surface area contributed by atoms with Gasteiger partial charge >= 0.3 is 5.97 Å². The summed E-state index contributed by atoms with van der Waals surface area (Å²) in [6, 6.07) is 5.52. The molecule has 1 aromatic carbocycles. The predicted molar refractivity (Wildman–Crippen MR) is 79.9 cm³/mol. The molecule has 0 radical (unpaired) electrons. The maximum Gasteiger partial charge on any atom is 0.328 e. The average Bonchev–Trinajstić information content (AvgIpc) is 2.81. The maximum atomic E-state index is 10.6. The van der Waals surface area contributed by atoms with Crippen molar-refractivity contribution in [3.05, 3.63) is 34.3 Å². The first-order valence-corrected chi connectivity index (χ1v) is 7.33. The van der Waals surface area contributed by atoms with Crippen LogP contribution in [-0.4, -0.2) is 29.9 Å². The summed E-state index contributed by atoms with van der Waals surface area (Å²) in [5.74, 6) is -0.336. The highest BCUT2D eigenvalue weighted by Gasteiger charge is 2.22. The third-order valence-electron chi connectivity index (χ3n) is 3.14. The van der Waals surface area contributed by atoms with E-state index in [0.717, 1.165) is 29.0 Å². The molecule has 20 heavy (non-hydrogen) atoms. The minimum Gasteiger partial charge on any atom is -0.489 e. The van der Waals surface area contributed by atoms with E-state index in [4.69, 9.17) is 14.6 Å². The second-order valence-corrected chi connectivity index (χ2v) is 5.64. The summed E-state index contributed by atoms with van der Waals surface area (Å²) in [4.78, 5) is 10.6. The molecule has 2 atom stereocenters. The van der Waals surface area contributed by atoms with Gasteiger partial charge in [-0.25, -0.2) is 4.79 Å². The third-order valence-corrected chi connectivity index (χ3v) is 3.76. The van der Waals surface area contributed by atoms with Crippen LogP contribution in [0.1, 0.15) is 25.3 Å². The van der Waals surface area contributed by atoms with Gasteiger partial charge in [0, 0.05) is 11.6 Å². The highest BCUT2D eigenvalue weighted by atomic mass is 79.9. The zero-order valence-electron chi connectivity index (χ0n) is 11.2. The third kappa shape index (κ3) is 4.08. The summed E-state index contributed by atoms with van der Waals surface area (Å²) in [7, 11) is 0. The molecule has 108 valence electrons. The summed E-state index contributed by atoms with van der Waals surface area (Å²) in [5.41, 5.74) is 0.729. The predicted octanol–water partition coefficient (Wildman–Crippen LogP) is 3.49. The van der Waals surface area contributed by atoms with Crippen molar-refractivity contribution < 1.29 is 19.4 Å². The van der Waals surface area contributed by atoms with Crippen molar-refractivity contribution >= 4 is 28.0 Å². The van der Waals surface area contributed by atoms with Crippen molar-refractivity contribution in [3.63, 3.8) is 0 Å². The van der Waals surface area contributed by atoms with Crippen LogP contribution in [0.2, 0.25) is 0 Å². The topological polar surface area (TPSA) is 55.8 Å². The number of benzene rings is 1. The number of para-hydroxylation sites is 1. The normalized spacial score (nSPS) is 22.3. The molecule has 1 heterocycles. The molecule has 1 fully saturated rings. The van der Waals surface area contributed by atoms with Crippen molar-refractivity contribution in [3.8, 4) is 5.75 Å². The van der Waals surface area contributed by atoms with Gasteiger partial charge in [-0.15, -0.1) is 0 Å². The molecule has 0 bridgehead atoms. The van der Waals surface area contributed by atoms with E-state index in [1.807, 2.05) is 18.2 Å². The number of ether oxygens (including phenoxy) is 2. The quantitative estimate of drug-likeness (QED) is 0.833. The number of rotatable bonds is 5. The monoisotopic (exact) mass is 340 g/mol. The fraction of sp³-hybridized carbons (Fsp3) is 0.400. The summed E-state index contributed by atoms with van der Waals surface area (Å²) >= 11 is 3.43. The molecular weight excluding hydrogens is 324 g/mol. The Bertz CT molecular complexity index is 513. The smallest absolute Gasteiger partial charge is 0.328 e. The molecule has 2 unspecified atom stereocenters. The fourth-order valence-electron chi connectivity index (χ4n) is 2.15. The average molecular weight is 341 g/mol. The molecule has 0 amide bonds. The molecule has 0 aromatic heterocycles. The van der Waals surface area contributed by atoms with Crippen molar-refractivity contribution in [2.75, 3.05) is 6.61 Å². The van der Waals surface area contributed by atoms with E-state index < -0.39 is 5.97 Å². The van der Waals surface area contributed by atoms with Gasteiger partial charge < -0.3 is 14.6 Å². The number of carbonyl (C=O) groups is 1. The van der Waals surface area contributed by atoms with Gasteiger partial charge in [0.15, 0.2) is 0 Å². The molecule has 1 aromatic rings. The minimum atomic E-state index is -0.983. The lowest BCUT2D eigenvalue weighted by molar-refractivity contribution is -0.131. The van der Waals surface area contributed by atoms with E-state index >= 15 is 0 Å². The van der Waals surface area contributed by atoms with Crippen molar-refractivity contribution in [2.45, 2.75) is 32.0 Å². The van der Waals surface area contributed by atoms with Crippen molar-refractivity contribution in [1.82, 2.24) is 0 Å². The summed E-state index contributed by atoms with van der Waals surface area (Å²) in [6.07, 6.45) is 5.06. The molecule has 1 saturated heterocycles. The first-order chi connectivity index (χ1) is 9.56. The fourth-order valence-corrected chi connectivity index (χ4v) is 2.65. The SMILES string of the molecule is CC1CCC(COc2c(Br)cccc2/C=C/C(=O)O)O1. The molecule has 4 nitrogen and oxygen atoms in total. The lowest BCUT2D eigenvalue weighted by Gasteiger charge is -2.15. The highest BCUT2D eigenvalue weighted by molar-refractivity contribution is 9.10. The standard InChI is InChI=1S/C15H17BrO4/c1-10-5-7-12(20-10)9-19-15-11(6-8-14(17)18)3-2-4-13(15)16/h2-4,6,8,10,12H,5,7,9H2,1H3,(H,17,18)/b8-6+. The van der Waals surface area contributed by atoms with Gasteiger partial charge in [0.25, 0.3) is 0 Å². The number of halogens is 1. The Balaban J connectivity index is 2.07. The molecule has 5 heteroatoms. The lowest BCUT2D eigenvalue weighted by Crippen LogP contribution is -2.18. The number of hydrogen-bond donors (Lipinski definition) is 1. The molecule has 0 saturated carbocycles. The molecule has 0 spiro atoms. The lowest BCUT2D eigenvalue weighted by atomic mass is 10.2. The van der Waals surface area contributed by atoms with Crippen LogP contribution >= 0.6 is 15.9 Å². The maximum absolute atomic E-state index is 10.6. The Morgan fingerprint density at radius 2 is 2.35 bits per heavy atom. The van der Waals surface area contributed by atoms with Gasteiger partial charge in [-0.3, -0.25) is 0 Å². The summed E-state index contributed by atoms with van der Waals surface area (Å²) < 4.78 is 12.3. The number of hydrogen-bond acceptors (Lipinski definition) is 3. The van der Waals surface area contributed by atoms with E-state index in [1.165, 1.54) is 6.08 Å². The number of carboxylic acid groups (broad SMARTS) is 1.